The molecule has 0 unspecified atom stereocenters. The number of likely N-dealkylation sites (tertiary alicyclic amines) is 1. The van der Waals surface area contributed by atoms with Gasteiger partial charge in [-0.25, -0.2) is 0 Å². The summed E-state index contributed by atoms with van der Waals surface area (Å²) in [4.78, 5) is 15.7. The molecule has 0 bridgehead atoms. The second kappa shape index (κ2) is 8.86. The van der Waals surface area contributed by atoms with E-state index in [9.17, 15) is 4.79 Å². The van der Waals surface area contributed by atoms with E-state index in [-0.39, 0.29) is 17.7 Å². The zero-order valence-electron chi connectivity index (χ0n) is 20.8. The SMILES string of the molecule is Cc1ccc(NC(=O)[C@H]2CN(C)C[C@@H]2c2nnc(C3CC(CC(C)C)C3)n2C2CC2)c(C)c1. The Hall–Kier alpha value is -2.21. The molecule has 33 heavy (non-hydrogen) atoms. The number of aryl methyl sites for hydroxylation is 2. The molecule has 5 rings (SSSR count). The van der Waals surface area contributed by atoms with E-state index >= 15 is 0 Å². The molecular formula is C27H39N5O. The van der Waals surface area contributed by atoms with Crippen LogP contribution in [0.25, 0.3) is 0 Å². The molecule has 2 saturated carbocycles. The minimum absolute atomic E-state index is 0.0918. The van der Waals surface area contributed by atoms with Gasteiger partial charge in [0.25, 0.3) is 0 Å². The third-order valence-corrected chi connectivity index (χ3v) is 7.88. The summed E-state index contributed by atoms with van der Waals surface area (Å²) in [5, 5.41) is 12.7. The highest BCUT2D eigenvalue weighted by Gasteiger charge is 2.44. The fourth-order valence-corrected chi connectivity index (χ4v) is 6.07. The Labute approximate surface area is 198 Å². The van der Waals surface area contributed by atoms with E-state index in [0.717, 1.165) is 42.0 Å². The molecule has 2 heterocycles. The topological polar surface area (TPSA) is 63.1 Å². The fourth-order valence-electron chi connectivity index (χ4n) is 6.07. The minimum atomic E-state index is -0.111. The zero-order chi connectivity index (χ0) is 23.3. The first-order chi connectivity index (χ1) is 15.8. The summed E-state index contributed by atoms with van der Waals surface area (Å²) in [5.41, 5.74) is 3.23. The molecule has 6 heteroatoms. The van der Waals surface area contributed by atoms with Crippen LogP contribution in [0.1, 0.15) is 86.6 Å². The third-order valence-electron chi connectivity index (χ3n) is 7.88. The van der Waals surface area contributed by atoms with Crippen molar-refractivity contribution < 1.29 is 4.79 Å². The fraction of sp³-hybridized carbons (Fsp3) is 0.667. The van der Waals surface area contributed by atoms with Crippen molar-refractivity contribution in [2.45, 2.75) is 77.7 Å². The predicted octanol–water partition coefficient (Wildman–Crippen LogP) is 5.05. The number of anilines is 1. The molecule has 3 aliphatic rings. The molecule has 1 amide bonds. The second-order valence-corrected chi connectivity index (χ2v) is 11.4. The van der Waals surface area contributed by atoms with Crippen molar-refractivity contribution in [1.82, 2.24) is 19.7 Å². The van der Waals surface area contributed by atoms with Crippen LogP contribution in [-0.4, -0.2) is 45.7 Å². The van der Waals surface area contributed by atoms with Gasteiger partial charge in [0.15, 0.2) is 0 Å². The van der Waals surface area contributed by atoms with Crippen molar-refractivity contribution in [3.63, 3.8) is 0 Å². The van der Waals surface area contributed by atoms with Gasteiger partial charge in [0.05, 0.1) is 5.92 Å². The minimum Gasteiger partial charge on any atom is -0.326 e. The second-order valence-electron chi connectivity index (χ2n) is 11.4. The lowest BCUT2D eigenvalue weighted by Crippen LogP contribution is -2.30. The smallest absolute Gasteiger partial charge is 0.229 e. The Morgan fingerprint density at radius 1 is 1.12 bits per heavy atom. The number of nitrogens with one attached hydrogen (secondary N) is 1. The molecule has 0 spiro atoms. The average Bonchev–Trinajstić information content (AvgIpc) is 3.35. The van der Waals surface area contributed by atoms with E-state index < -0.39 is 0 Å². The summed E-state index contributed by atoms with van der Waals surface area (Å²) < 4.78 is 2.46. The van der Waals surface area contributed by atoms with Crippen LogP contribution in [0, 0.1) is 31.6 Å². The molecule has 2 aromatic rings. The third kappa shape index (κ3) is 4.59. The molecular weight excluding hydrogens is 410 g/mol. The van der Waals surface area contributed by atoms with Gasteiger partial charge in [0.1, 0.15) is 11.6 Å². The normalized spacial score (nSPS) is 27.7. The number of hydrogen-bond donors (Lipinski definition) is 1. The van der Waals surface area contributed by atoms with Gasteiger partial charge in [0.2, 0.25) is 5.91 Å². The van der Waals surface area contributed by atoms with Gasteiger partial charge in [-0.3, -0.25) is 4.79 Å². The van der Waals surface area contributed by atoms with Crippen molar-refractivity contribution >= 4 is 11.6 Å². The van der Waals surface area contributed by atoms with Crippen molar-refractivity contribution in [3.05, 3.63) is 41.0 Å². The van der Waals surface area contributed by atoms with Crippen molar-refractivity contribution in [2.75, 3.05) is 25.5 Å². The molecule has 1 N–H and O–H groups in total. The van der Waals surface area contributed by atoms with Crippen LogP contribution in [0.2, 0.25) is 0 Å². The monoisotopic (exact) mass is 449 g/mol. The molecule has 2 aliphatic carbocycles. The average molecular weight is 450 g/mol. The lowest BCUT2D eigenvalue weighted by Gasteiger charge is -2.36. The maximum Gasteiger partial charge on any atom is 0.229 e. The number of amides is 1. The maximum absolute atomic E-state index is 13.4. The van der Waals surface area contributed by atoms with Crippen LogP contribution in [0.4, 0.5) is 5.69 Å². The molecule has 3 fully saturated rings. The highest BCUT2D eigenvalue weighted by Crippen LogP contribution is 2.48. The number of rotatable bonds is 7. The molecule has 6 nitrogen and oxygen atoms in total. The number of carbonyl (C=O) groups is 1. The summed E-state index contributed by atoms with van der Waals surface area (Å²) in [7, 11) is 2.11. The summed E-state index contributed by atoms with van der Waals surface area (Å²) in [6.45, 7) is 10.4. The first kappa shape index (κ1) is 22.6. The van der Waals surface area contributed by atoms with Crippen LogP contribution in [0.5, 0.6) is 0 Å². The van der Waals surface area contributed by atoms with Crippen LogP contribution >= 0.6 is 0 Å². The van der Waals surface area contributed by atoms with E-state index in [1.54, 1.807) is 0 Å². The standard InChI is InChI=1S/C27H39N5O/c1-16(2)10-19-12-20(13-19)25-29-30-26(32(25)21-7-8-21)22-14-31(5)15-23(22)27(33)28-24-9-6-17(3)11-18(24)4/h6,9,11,16,19-23H,7-8,10,12-15H2,1-5H3,(H,28,33)/t19?,20?,22-,23-/m0/s1. The quantitative estimate of drug-likeness (QED) is 0.642. The van der Waals surface area contributed by atoms with E-state index in [4.69, 9.17) is 10.2 Å². The van der Waals surface area contributed by atoms with Crippen LogP contribution in [-0.2, 0) is 4.79 Å². The van der Waals surface area contributed by atoms with Gasteiger partial charge in [-0.2, -0.15) is 0 Å². The van der Waals surface area contributed by atoms with Crippen molar-refractivity contribution in [2.24, 2.45) is 17.8 Å². The molecule has 1 aromatic carbocycles. The first-order valence-electron chi connectivity index (χ1n) is 12.8. The van der Waals surface area contributed by atoms with E-state index in [1.165, 1.54) is 43.5 Å². The Kier molecular flexibility index (Phi) is 6.06. The van der Waals surface area contributed by atoms with Gasteiger partial charge < -0.3 is 14.8 Å². The lowest BCUT2D eigenvalue weighted by molar-refractivity contribution is -0.119. The van der Waals surface area contributed by atoms with Gasteiger partial charge >= 0.3 is 0 Å². The number of benzene rings is 1. The van der Waals surface area contributed by atoms with Gasteiger partial charge in [-0.15, -0.1) is 10.2 Å². The van der Waals surface area contributed by atoms with Crippen LogP contribution in [0.15, 0.2) is 18.2 Å². The van der Waals surface area contributed by atoms with Crippen LogP contribution < -0.4 is 5.32 Å². The Bertz CT molecular complexity index is 1020. The molecule has 1 saturated heterocycles. The van der Waals surface area contributed by atoms with Crippen molar-refractivity contribution in [1.29, 1.82) is 0 Å². The number of aromatic nitrogens is 3. The van der Waals surface area contributed by atoms with E-state index in [2.05, 4.69) is 61.7 Å². The Morgan fingerprint density at radius 3 is 2.52 bits per heavy atom. The number of nitrogens with zero attached hydrogens (tertiary/aromatic N) is 4. The Balaban J connectivity index is 1.36. The summed E-state index contributed by atoms with van der Waals surface area (Å²) in [6.07, 6.45) is 6.22. The largest absolute Gasteiger partial charge is 0.326 e. The van der Waals surface area contributed by atoms with Gasteiger partial charge in [-0.1, -0.05) is 31.5 Å². The van der Waals surface area contributed by atoms with E-state index in [1.807, 2.05) is 6.07 Å². The number of likely N-dealkylation sites (N-methyl/N-ethyl adjacent to an activating group) is 1. The molecule has 0 radical (unpaired) electrons. The number of hydrogen-bond acceptors (Lipinski definition) is 4. The molecule has 178 valence electrons. The molecule has 1 aromatic heterocycles. The summed E-state index contributed by atoms with van der Waals surface area (Å²) >= 11 is 0. The number of carbonyl (C=O) groups excluding carboxylic acids is 1. The zero-order valence-corrected chi connectivity index (χ0v) is 20.8. The maximum atomic E-state index is 13.4. The highest BCUT2D eigenvalue weighted by molar-refractivity contribution is 5.94. The van der Waals surface area contributed by atoms with Crippen molar-refractivity contribution in [3.8, 4) is 0 Å². The Morgan fingerprint density at radius 2 is 1.85 bits per heavy atom. The van der Waals surface area contributed by atoms with E-state index in [0.29, 0.717) is 12.0 Å². The van der Waals surface area contributed by atoms with Gasteiger partial charge in [0, 0.05) is 36.7 Å². The first-order valence-corrected chi connectivity index (χ1v) is 12.8. The lowest BCUT2D eigenvalue weighted by atomic mass is 9.71. The summed E-state index contributed by atoms with van der Waals surface area (Å²) in [6, 6.07) is 6.73. The predicted molar refractivity (Wildman–Crippen MR) is 131 cm³/mol. The van der Waals surface area contributed by atoms with Gasteiger partial charge in [-0.05, 0) is 76.5 Å². The van der Waals surface area contributed by atoms with Crippen LogP contribution in [0.3, 0.4) is 0 Å². The highest BCUT2D eigenvalue weighted by atomic mass is 16.2. The molecule has 2 atom stereocenters. The summed E-state index contributed by atoms with van der Waals surface area (Å²) in [5.74, 6) is 4.45. The molecule has 1 aliphatic heterocycles.